The van der Waals surface area contributed by atoms with E-state index in [1.165, 1.54) is 29.0 Å². The van der Waals surface area contributed by atoms with E-state index in [-0.39, 0.29) is 17.9 Å². The SMILES string of the molecule is CN(Cc1cc2ccccc2o1)S(=O)(=O)Cc1ccccc1C(=O)NO. The van der Waals surface area contributed by atoms with Gasteiger partial charge in [-0.2, -0.15) is 4.31 Å². The highest BCUT2D eigenvalue weighted by molar-refractivity contribution is 7.88. The second-order valence-corrected chi connectivity index (χ2v) is 7.94. The summed E-state index contributed by atoms with van der Waals surface area (Å²) in [5, 5.41) is 9.71. The summed E-state index contributed by atoms with van der Waals surface area (Å²) in [6.07, 6.45) is 0. The van der Waals surface area contributed by atoms with Crippen LogP contribution in [0.1, 0.15) is 21.7 Å². The molecule has 0 radical (unpaired) electrons. The highest BCUT2D eigenvalue weighted by Gasteiger charge is 2.23. The van der Waals surface area contributed by atoms with Crippen molar-refractivity contribution in [2.45, 2.75) is 12.3 Å². The maximum Gasteiger partial charge on any atom is 0.274 e. The number of para-hydroxylation sites is 1. The van der Waals surface area contributed by atoms with Crippen LogP contribution in [0.5, 0.6) is 0 Å². The Morgan fingerprint density at radius 1 is 1.15 bits per heavy atom. The van der Waals surface area contributed by atoms with E-state index in [0.717, 1.165) is 5.39 Å². The van der Waals surface area contributed by atoms with Crippen molar-refractivity contribution >= 4 is 26.9 Å². The van der Waals surface area contributed by atoms with Gasteiger partial charge in [0.1, 0.15) is 11.3 Å². The average Bonchev–Trinajstić information content (AvgIpc) is 3.03. The number of nitrogens with one attached hydrogen (secondary N) is 1. The molecule has 0 bridgehead atoms. The topological polar surface area (TPSA) is 99.9 Å². The van der Waals surface area contributed by atoms with Crippen molar-refractivity contribution in [1.29, 1.82) is 0 Å². The summed E-state index contributed by atoms with van der Waals surface area (Å²) in [5.74, 6) is -0.595. The zero-order chi connectivity index (χ0) is 18.7. The Labute approximate surface area is 150 Å². The van der Waals surface area contributed by atoms with Gasteiger partial charge in [-0.3, -0.25) is 10.0 Å². The van der Waals surface area contributed by atoms with Crippen molar-refractivity contribution in [3.8, 4) is 0 Å². The number of rotatable bonds is 6. The lowest BCUT2D eigenvalue weighted by molar-refractivity contribution is 0.0705. The Morgan fingerprint density at radius 2 is 1.85 bits per heavy atom. The van der Waals surface area contributed by atoms with Gasteiger partial charge in [-0.25, -0.2) is 13.9 Å². The molecule has 0 fully saturated rings. The van der Waals surface area contributed by atoms with Crippen LogP contribution in [-0.2, 0) is 22.3 Å². The molecule has 7 nitrogen and oxygen atoms in total. The lowest BCUT2D eigenvalue weighted by Crippen LogP contribution is -2.29. The number of sulfonamides is 1. The van der Waals surface area contributed by atoms with Gasteiger partial charge in [0, 0.05) is 18.0 Å². The number of benzene rings is 2. The van der Waals surface area contributed by atoms with Crippen molar-refractivity contribution < 1.29 is 22.8 Å². The standard InChI is InChI=1S/C18H18N2O5S/c1-20(11-15-10-13-6-3-5-9-17(13)25-15)26(23,24)12-14-7-2-4-8-16(14)18(21)19-22/h2-10,22H,11-12H2,1H3,(H,19,21). The fourth-order valence-electron chi connectivity index (χ4n) is 2.67. The molecule has 2 N–H and O–H groups in total. The molecule has 0 spiro atoms. The van der Waals surface area contributed by atoms with Crippen molar-refractivity contribution in [2.24, 2.45) is 0 Å². The van der Waals surface area contributed by atoms with Crippen LogP contribution >= 0.6 is 0 Å². The summed E-state index contributed by atoms with van der Waals surface area (Å²) in [6, 6.07) is 15.5. The van der Waals surface area contributed by atoms with E-state index >= 15 is 0 Å². The number of fused-ring (bicyclic) bond motifs is 1. The fourth-order valence-corrected chi connectivity index (χ4v) is 3.86. The maximum atomic E-state index is 12.7. The van der Waals surface area contributed by atoms with Crippen LogP contribution in [-0.4, -0.2) is 30.9 Å². The molecule has 3 aromatic rings. The first kappa shape index (κ1) is 18.1. The monoisotopic (exact) mass is 374 g/mol. The molecular formula is C18H18N2O5S. The number of hydroxylamine groups is 1. The smallest absolute Gasteiger partial charge is 0.274 e. The number of hydrogen-bond donors (Lipinski definition) is 2. The van der Waals surface area contributed by atoms with Crippen LogP contribution < -0.4 is 5.48 Å². The summed E-state index contributed by atoms with van der Waals surface area (Å²) in [6.45, 7) is 0.0748. The predicted octanol–water partition coefficient (Wildman–Crippen LogP) is 2.51. The molecule has 0 aliphatic carbocycles. The van der Waals surface area contributed by atoms with Crippen molar-refractivity contribution in [3.63, 3.8) is 0 Å². The third-order valence-corrected chi connectivity index (χ3v) is 5.79. The Balaban J connectivity index is 1.80. The minimum absolute atomic E-state index is 0.0748. The predicted molar refractivity (Wildman–Crippen MR) is 96.0 cm³/mol. The minimum Gasteiger partial charge on any atom is -0.460 e. The lowest BCUT2D eigenvalue weighted by atomic mass is 10.1. The minimum atomic E-state index is -3.70. The van der Waals surface area contributed by atoms with Crippen LogP contribution in [0.15, 0.2) is 59.0 Å². The van der Waals surface area contributed by atoms with Crippen LogP contribution in [0.4, 0.5) is 0 Å². The van der Waals surface area contributed by atoms with E-state index in [1.807, 2.05) is 24.3 Å². The van der Waals surface area contributed by atoms with Crippen LogP contribution in [0, 0.1) is 0 Å². The van der Waals surface area contributed by atoms with Gasteiger partial charge in [0.15, 0.2) is 0 Å². The van der Waals surface area contributed by atoms with E-state index in [2.05, 4.69) is 0 Å². The largest absolute Gasteiger partial charge is 0.460 e. The first-order valence-corrected chi connectivity index (χ1v) is 9.45. The van der Waals surface area contributed by atoms with E-state index in [1.54, 1.807) is 18.2 Å². The Hall–Kier alpha value is -2.68. The number of hydrogen-bond acceptors (Lipinski definition) is 5. The highest BCUT2D eigenvalue weighted by atomic mass is 32.2. The van der Waals surface area contributed by atoms with Crippen molar-refractivity contribution in [2.75, 3.05) is 7.05 Å². The van der Waals surface area contributed by atoms with Gasteiger partial charge in [-0.05, 0) is 23.8 Å². The third-order valence-electron chi connectivity index (χ3n) is 4.03. The third kappa shape index (κ3) is 3.77. The van der Waals surface area contributed by atoms with Gasteiger partial charge in [0.2, 0.25) is 10.0 Å². The van der Waals surface area contributed by atoms with Crippen molar-refractivity contribution in [1.82, 2.24) is 9.79 Å². The van der Waals surface area contributed by atoms with Crippen LogP contribution in [0.25, 0.3) is 11.0 Å². The number of nitrogens with zero attached hydrogens (tertiary/aromatic N) is 1. The van der Waals surface area contributed by atoms with Gasteiger partial charge >= 0.3 is 0 Å². The molecule has 3 rings (SSSR count). The molecule has 2 aromatic carbocycles. The summed E-state index contributed by atoms with van der Waals surface area (Å²) in [4.78, 5) is 11.7. The Morgan fingerprint density at radius 3 is 2.58 bits per heavy atom. The quantitative estimate of drug-likeness (QED) is 0.510. The number of furan rings is 1. The molecule has 0 aliphatic heterocycles. The average molecular weight is 374 g/mol. The van der Waals surface area contributed by atoms with E-state index < -0.39 is 15.9 Å². The first-order valence-electron chi connectivity index (χ1n) is 7.84. The molecule has 1 amide bonds. The van der Waals surface area contributed by atoms with E-state index in [0.29, 0.717) is 16.9 Å². The molecule has 1 heterocycles. The molecule has 0 saturated carbocycles. The molecule has 8 heteroatoms. The highest BCUT2D eigenvalue weighted by Crippen LogP contribution is 2.22. The molecule has 26 heavy (non-hydrogen) atoms. The second-order valence-electron chi connectivity index (χ2n) is 5.86. The maximum absolute atomic E-state index is 12.7. The van der Waals surface area contributed by atoms with Gasteiger partial charge in [0.05, 0.1) is 12.3 Å². The van der Waals surface area contributed by atoms with E-state index in [4.69, 9.17) is 9.62 Å². The van der Waals surface area contributed by atoms with Crippen molar-refractivity contribution in [3.05, 3.63) is 71.5 Å². The lowest BCUT2D eigenvalue weighted by Gasteiger charge is -2.17. The molecular weight excluding hydrogens is 356 g/mol. The van der Waals surface area contributed by atoms with Crippen LogP contribution in [0.3, 0.4) is 0 Å². The van der Waals surface area contributed by atoms with Gasteiger partial charge in [-0.1, -0.05) is 36.4 Å². The summed E-state index contributed by atoms with van der Waals surface area (Å²) in [7, 11) is -2.25. The fraction of sp³-hybridized carbons (Fsp3) is 0.167. The number of amides is 1. The molecule has 136 valence electrons. The number of carbonyl (C=O) groups excluding carboxylic acids is 1. The second kappa shape index (κ2) is 7.28. The first-order chi connectivity index (χ1) is 12.4. The zero-order valence-electron chi connectivity index (χ0n) is 14.0. The summed E-state index contributed by atoms with van der Waals surface area (Å²) in [5.41, 5.74) is 2.63. The zero-order valence-corrected chi connectivity index (χ0v) is 14.9. The van der Waals surface area contributed by atoms with Gasteiger partial charge < -0.3 is 4.42 Å². The Kier molecular flexibility index (Phi) is 5.08. The van der Waals surface area contributed by atoms with Gasteiger partial charge in [-0.15, -0.1) is 0 Å². The number of carbonyl (C=O) groups is 1. The van der Waals surface area contributed by atoms with Crippen LogP contribution in [0.2, 0.25) is 0 Å². The summed E-state index contributed by atoms with van der Waals surface area (Å²) >= 11 is 0. The normalized spacial score (nSPS) is 11.8. The van der Waals surface area contributed by atoms with E-state index in [9.17, 15) is 13.2 Å². The molecule has 0 saturated heterocycles. The molecule has 0 atom stereocenters. The Bertz CT molecular complexity index is 1010. The summed E-state index contributed by atoms with van der Waals surface area (Å²) < 4.78 is 32.2. The molecule has 1 aromatic heterocycles. The molecule has 0 unspecified atom stereocenters. The van der Waals surface area contributed by atoms with Gasteiger partial charge in [0.25, 0.3) is 5.91 Å². The molecule has 0 aliphatic rings.